The summed E-state index contributed by atoms with van der Waals surface area (Å²) in [5.74, 6) is 0.825. The van der Waals surface area contributed by atoms with E-state index in [0.29, 0.717) is 6.61 Å². The Labute approximate surface area is 182 Å². The second-order valence-electron chi connectivity index (χ2n) is 7.68. The lowest BCUT2D eigenvalue weighted by atomic mass is 10.1. The van der Waals surface area contributed by atoms with Crippen LogP contribution >= 0.6 is 11.5 Å². The van der Waals surface area contributed by atoms with Gasteiger partial charge in [-0.05, 0) is 42.3 Å². The van der Waals surface area contributed by atoms with Gasteiger partial charge in [0.1, 0.15) is 5.82 Å². The molecule has 0 spiro atoms. The van der Waals surface area contributed by atoms with Crippen molar-refractivity contribution in [3.63, 3.8) is 0 Å². The molecule has 6 nitrogen and oxygen atoms in total. The minimum absolute atomic E-state index is 0.643. The quantitative estimate of drug-likeness (QED) is 0.589. The molecule has 0 saturated carbocycles. The van der Waals surface area contributed by atoms with E-state index in [-0.39, 0.29) is 0 Å². The van der Waals surface area contributed by atoms with Crippen molar-refractivity contribution in [1.29, 1.82) is 0 Å². The van der Waals surface area contributed by atoms with Gasteiger partial charge in [-0.2, -0.15) is 4.37 Å². The molecule has 0 bridgehead atoms. The molecule has 1 saturated heterocycles. The molecule has 30 heavy (non-hydrogen) atoms. The normalized spacial score (nSPS) is 14.8. The summed E-state index contributed by atoms with van der Waals surface area (Å²) >= 11 is 1.39. The van der Waals surface area contributed by atoms with Gasteiger partial charge in [0.05, 0.1) is 6.61 Å². The van der Waals surface area contributed by atoms with Crippen LogP contribution in [0.1, 0.15) is 17.0 Å². The summed E-state index contributed by atoms with van der Waals surface area (Å²) in [6.45, 7) is 8.11. The second kappa shape index (κ2) is 10.0. The number of aryl methyl sites for hydroxylation is 1. The number of nitrogens with one attached hydrogen (secondary N) is 1. The van der Waals surface area contributed by atoms with Crippen LogP contribution in [0.5, 0.6) is 0 Å². The lowest BCUT2D eigenvalue weighted by Gasteiger charge is -2.36. The van der Waals surface area contributed by atoms with Gasteiger partial charge < -0.3 is 15.0 Å². The first kappa shape index (κ1) is 20.8. The van der Waals surface area contributed by atoms with E-state index in [0.717, 1.165) is 55.8 Å². The summed E-state index contributed by atoms with van der Waals surface area (Å²) < 4.78 is 9.43. The van der Waals surface area contributed by atoms with Crippen molar-refractivity contribution in [3.05, 3.63) is 65.5 Å². The van der Waals surface area contributed by atoms with Crippen LogP contribution in [0.15, 0.2) is 48.5 Å². The largest absolute Gasteiger partial charge is 0.384 e. The Morgan fingerprint density at radius 2 is 1.87 bits per heavy atom. The maximum absolute atomic E-state index is 5.08. The highest BCUT2D eigenvalue weighted by atomic mass is 32.1. The summed E-state index contributed by atoms with van der Waals surface area (Å²) in [5.41, 5.74) is 5.04. The van der Waals surface area contributed by atoms with Crippen LogP contribution in [0.3, 0.4) is 0 Å². The maximum atomic E-state index is 5.08. The third-order valence-electron chi connectivity index (χ3n) is 5.35. The van der Waals surface area contributed by atoms with Crippen LogP contribution in [-0.2, 0) is 17.7 Å². The predicted molar refractivity (Wildman–Crippen MR) is 124 cm³/mol. The molecule has 0 atom stereocenters. The molecular weight excluding hydrogens is 394 g/mol. The zero-order valence-corrected chi connectivity index (χ0v) is 18.5. The van der Waals surface area contributed by atoms with Crippen LogP contribution in [-0.4, -0.2) is 54.2 Å². The van der Waals surface area contributed by atoms with E-state index in [1.165, 1.54) is 28.3 Å². The monoisotopic (exact) mass is 423 g/mol. The first-order valence-corrected chi connectivity index (χ1v) is 11.2. The van der Waals surface area contributed by atoms with Crippen molar-refractivity contribution in [2.24, 2.45) is 0 Å². The van der Waals surface area contributed by atoms with Gasteiger partial charge >= 0.3 is 0 Å². The average Bonchev–Trinajstić information content (AvgIpc) is 3.21. The van der Waals surface area contributed by atoms with Crippen LogP contribution in [0.2, 0.25) is 0 Å². The maximum Gasteiger partial charge on any atom is 0.207 e. The highest BCUT2D eigenvalue weighted by Gasteiger charge is 2.17. The number of methoxy groups -OCH3 is 1. The Morgan fingerprint density at radius 3 is 2.60 bits per heavy atom. The molecule has 2 aromatic carbocycles. The Bertz CT molecular complexity index is 935. The predicted octanol–water partition coefficient (Wildman–Crippen LogP) is 4.10. The number of benzene rings is 2. The third kappa shape index (κ3) is 5.56. The van der Waals surface area contributed by atoms with E-state index in [1.54, 1.807) is 7.11 Å². The topological polar surface area (TPSA) is 53.5 Å². The van der Waals surface area contributed by atoms with E-state index in [9.17, 15) is 0 Å². The molecule has 0 unspecified atom stereocenters. The van der Waals surface area contributed by atoms with Crippen molar-refractivity contribution < 1.29 is 4.74 Å². The standard InChI is InChI=1S/C23H29N5OS/c1-18-4-3-5-21(16-18)28-13-11-27(12-14-28)17-19-6-8-20(9-7-19)24-23-25-22(26-30-23)10-15-29-2/h3-9,16H,10-15,17H2,1-2H3,(H,24,25,26). The van der Waals surface area contributed by atoms with Crippen molar-refractivity contribution in [3.8, 4) is 0 Å². The molecule has 1 aromatic heterocycles. The zero-order chi connectivity index (χ0) is 20.8. The number of ether oxygens (including phenoxy) is 1. The highest BCUT2D eigenvalue weighted by molar-refractivity contribution is 7.09. The van der Waals surface area contributed by atoms with E-state index < -0.39 is 0 Å². The molecule has 1 N–H and O–H groups in total. The molecule has 7 heteroatoms. The molecule has 1 aliphatic heterocycles. The molecule has 3 aromatic rings. The smallest absolute Gasteiger partial charge is 0.207 e. The molecule has 0 radical (unpaired) electrons. The van der Waals surface area contributed by atoms with Gasteiger partial charge in [0.15, 0.2) is 0 Å². The number of nitrogens with zero attached hydrogens (tertiary/aromatic N) is 4. The van der Waals surface area contributed by atoms with Crippen LogP contribution in [0.25, 0.3) is 0 Å². The van der Waals surface area contributed by atoms with Crippen molar-refractivity contribution in [2.45, 2.75) is 19.9 Å². The van der Waals surface area contributed by atoms with Crippen LogP contribution in [0, 0.1) is 6.92 Å². The van der Waals surface area contributed by atoms with Gasteiger partial charge in [-0.1, -0.05) is 24.3 Å². The summed E-state index contributed by atoms with van der Waals surface area (Å²) in [4.78, 5) is 9.51. The third-order valence-corrected chi connectivity index (χ3v) is 6.02. The Balaban J connectivity index is 1.26. The fourth-order valence-electron chi connectivity index (χ4n) is 3.66. The number of piperazine rings is 1. The van der Waals surface area contributed by atoms with Gasteiger partial charge in [-0.25, -0.2) is 4.98 Å². The fraction of sp³-hybridized carbons (Fsp3) is 0.391. The lowest BCUT2D eigenvalue weighted by Crippen LogP contribution is -2.45. The highest BCUT2D eigenvalue weighted by Crippen LogP contribution is 2.21. The molecular formula is C23H29N5OS. The molecule has 1 fully saturated rings. The van der Waals surface area contributed by atoms with Gasteiger partial charge in [0.2, 0.25) is 5.13 Å². The molecule has 2 heterocycles. The second-order valence-corrected chi connectivity index (χ2v) is 8.43. The van der Waals surface area contributed by atoms with Gasteiger partial charge in [0, 0.05) is 69.2 Å². The zero-order valence-electron chi connectivity index (χ0n) is 17.7. The van der Waals surface area contributed by atoms with Gasteiger partial charge in [-0.15, -0.1) is 0 Å². The summed E-state index contributed by atoms with van der Waals surface area (Å²) in [6.07, 6.45) is 0.741. The minimum Gasteiger partial charge on any atom is -0.384 e. The number of hydrogen-bond donors (Lipinski definition) is 1. The number of hydrogen-bond acceptors (Lipinski definition) is 7. The molecule has 4 rings (SSSR count). The number of anilines is 3. The van der Waals surface area contributed by atoms with Crippen LogP contribution in [0.4, 0.5) is 16.5 Å². The Hall–Kier alpha value is -2.48. The summed E-state index contributed by atoms with van der Waals surface area (Å²) in [6, 6.07) is 17.4. The van der Waals surface area contributed by atoms with Crippen molar-refractivity contribution in [1.82, 2.24) is 14.3 Å². The SMILES string of the molecule is COCCc1nsc(Nc2ccc(CN3CCN(c4cccc(C)c4)CC3)cc2)n1. The molecule has 0 aliphatic carbocycles. The Morgan fingerprint density at radius 1 is 1.07 bits per heavy atom. The molecule has 1 aliphatic rings. The first-order valence-electron chi connectivity index (χ1n) is 10.4. The van der Waals surface area contributed by atoms with Crippen LogP contribution < -0.4 is 10.2 Å². The van der Waals surface area contributed by atoms with E-state index in [1.807, 2.05) is 0 Å². The average molecular weight is 424 g/mol. The fourth-order valence-corrected chi connectivity index (χ4v) is 4.30. The number of aromatic nitrogens is 2. The summed E-state index contributed by atoms with van der Waals surface area (Å²) in [7, 11) is 1.69. The van der Waals surface area contributed by atoms with Crippen molar-refractivity contribution in [2.75, 3.05) is 50.1 Å². The van der Waals surface area contributed by atoms with Gasteiger partial charge in [-0.3, -0.25) is 4.90 Å². The van der Waals surface area contributed by atoms with Gasteiger partial charge in [0.25, 0.3) is 0 Å². The molecule has 158 valence electrons. The first-order chi connectivity index (χ1) is 14.7. The lowest BCUT2D eigenvalue weighted by molar-refractivity contribution is 0.201. The van der Waals surface area contributed by atoms with E-state index >= 15 is 0 Å². The summed E-state index contributed by atoms with van der Waals surface area (Å²) in [5, 5.41) is 4.16. The minimum atomic E-state index is 0.643. The molecule has 0 amide bonds. The van der Waals surface area contributed by atoms with E-state index in [2.05, 4.69) is 79.9 Å². The number of rotatable bonds is 8. The van der Waals surface area contributed by atoms with Crippen molar-refractivity contribution >= 4 is 28.0 Å². The Kier molecular flexibility index (Phi) is 6.94. The van der Waals surface area contributed by atoms with E-state index in [4.69, 9.17) is 4.74 Å².